The lowest BCUT2D eigenvalue weighted by Crippen LogP contribution is -2.74. The molecule has 0 spiro atoms. The number of nitrogens with zero attached hydrogens (tertiary/aromatic N) is 6. The zero-order valence-electron chi connectivity index (χ0n) is 47.5. The van der Waals surface area contributed by atoms with Crippen LogP contribution in [-0.4, -0.2) is 129 Å². The number of hydrogen-bond acceptors (Lipinski definition) is 12. The van der Waals surface area contributed by atoms with E-state index in [-0.39, 0.29) is 65.2 Å². The number of rotatable bonds is 28. The Kier molecular flexibility index (Phi) is 20.7. The average molecular weight is 1300 g/mol. The number of amides is 1. The number of alkyl halides is 17. The topological polar surface area (TPSA) is 155 Å². The molecule has 1 amide bonds. The highest BCUT2D eigenvalue weighted by molar-refractivity contribution is 7.44. The summed E-state index contributed by atoms with van der Waals surface area (Å²) in [7, 11) is 0.708. The molecule has 6 aromatic rings. The van der Waals surface area contributed by atoms with E-state index in [0.717, 1.165) is 12.1 Å². The van der Waals surface area contributed by atoms with Crippen molar-refractivity contribution in [1.29, 1.82) is 5.26 Å². The highest BCUT2D eigenvalue weighted by Crippen LogP contribution is 2.64. The van der Waals surface area contributed by atoms with Crippen molar-refractivity contribution in [2.45, 2.75) is 137 Å². The zero-order valence-corrected chi connectivity index (χ0v) is 48.4. The summed E-state index contributed by atoms with van der Waals surface area (Å²) in [6.07, 6.45) is -12.6. The first-order valence-corrected chi connectivity index (χ1v) is 27.8. The van der Waals surface area contributed by atoms with Crippen molar-refractivity contribution in [2.24, 2.45) is 0 Å². The molecule has 0 bridgehead atoms. The Bertz CT molecular complexity index is 3340. The third-order valence-electron chi connectivity index (χ3n) is 14.3. The summed E-state index contributed by atoms with van der Waals surface area (Å²) in [4.78, 5) is 26.5. The summed E-state index contributed by atoms with van der Waals surface area (Å²) < 4.78 is 282. The Labute approximate surface area is 498 Å². The van der Waals surface area contributed by atoms with Gasteiger partial charge in [0.05, 0.1) is 52.4 Å². The van der Waals surface area contributed by atoms with E-state index in [1.165, 1.54) is 63.3 Å². The van der Waals surface area contributed by atoms with Crippen molar-refractivity contribution in [1.82, 2.24) is 24.2 Å². The molecule has 4 aromatic carbocycles. The second kappa shape index (κ2) is 26.5. The third kappa shape index (κ3) is 13.2. The van der Waals surface area contributed by atoms with Gasteiger partial charge in [-0.1, -0.05) is 66.7 Å². The van der Waals surface area contributed by atoms with Crippen molar-refractivity contribution in [3.8, 4) is 17.6 Å². The fraction of sp³-hybridized carbons (Fsp3) is 0.456. The van der Waals surface area contributed by atoms with Gasteiger partial charge in [0.1, 0.15) is 35.8 Å². The normalized spacial score (nSPS) is 17.2. The molecule has 32 heteroatoms. The maximum Gasteiger partial charge on any atom is 0.460 e. The van der Waals surface area contributed by atoms with Crippen LogP contribution < -0.4 is 14.8 Å². The molecule has 14 nitrogen and oxygen atoms in total. The average Bonchev–Trinajstić information content (AvgIpc) is 1.21. The number of carbonyl (C=O) groups is 1. The number of ether oxygens (including phenoxy) is 4. The molecule has 1 aliphatic heterocycles. The highest BCUT2D eigenvalue weighted by atomic mass is 31.2. The zero-order chi connectivity index (χ0) is 65.9. The Morgan fingerprint density at radius 2 is 1.20 bits per heavy atom. The van der Waals surface area contributed by atoms with Crippen LogP contribution in [0.1, 0.15) is 85.8 Å². The lowest BCUT2D eigenvalue weighted by Gasteiger charge is -2.42. The van der Waals surface area contributed by atoms with Crippen LogP contribution in [0.3, 0.4) is 0 Å². The largest absolute Gasteiger partial charge is 0.497 e. The number of imidazole rings is 1. The molecule has 89 heavy (non-hydrogen) atoms. The second-order valence-electron chi connectivity index (χ2n) is 20.7. The van der Waals surface area contributed by atoms with Crippen molar-refractivity contribution >= 4 is 31.4 Å². The molecule has 1 saturated heterocycles. The van der Waals surface area contributed by atoms with E-state index in [2.05, 4.69) is 20.3 Å². The van der Waals surface area contributed by atoms with Crippen LogP contribution in [-0.2, 0) is 30.5 Å². The first-order valence-electron chi connectivity index (χ1n) is 26.7. The maximum absolute atomic E-state index is 15.3. The number of anilines is 1. The van der Waals surface area contributed by atoms with E-state index in [9.17, 15) is 67.1 Å². The van der Waals surface area contributed by atoms with Gasteiger partial charge in [-0.15, -0.1) is 0 Å². The van der Waals surface area contributed by atoms with Crippen LogP contribution in [0.4, 0.5) is 80.5 Å². The smallest absolute Gasteiger partial charge is 0.460 e. The number of halogens is 17. The van der Waals surface area contributed by atoms with Crippen LogP contribution in [0, 0.1) is 11.3 Å². The van der Waals surface area contributed by atoms with Gasteiger partial charge in [-0.2, -0.15) is 79.9 Å². The molecule has 0 saturated carbocycles. The van der Waals surface area contributed by atoms with E-state index < -0.39 is 111 Å². The van der Waals surface area contributed by atoms with E-state index in [1.54, 1.807) is 59.2 Å². The lowest BCUT2D eigenvalue weighted by atomic mass is 9.79. The van der Waals surface area contributed by atoms with Crippen molar-refractivity contribution in [3.05, 3.63) is 144 Å². The Balaban J connectivity index is 1.28. The molecule has 0 unspecified atom stereocenters. The molecule has 4 atom stereocenters. The van der Waals surface area contributed by atoms with Crippen molar-refractivity contribution < 1.29 is 107 Å². The van der Waals surface area contributed by atoms with Gasteiger partial charge < -0.3 is 33.3 Å². The number of aromatic nitrogens is 4. The number of carbonyl (C=O) groups excluding carboxylic acids is 1. The molecular formula is C57H55F17N7O7P. The first-order chi connectivity index (χ1) is 41.5. The predicted molar refractivity (Wildman–Crippen MR) is 286 cm³/mol. The summed E-state index contributed by atoms with van der Waals surface area (Å²) in [5.74, 6) is -57.1. The van der Waals surface area contributed by atoms with Gasteiger partial charge in [0.15, 0.2) is 17.0 Å². The van der Waals surface area contributed by atoms with Gasteiger partial charge in [0.25, 0.3) is 14.4 Å². The number of hydrogen-bond donors (Lipinski definition) is 1. The molecule has 3 heterocycles. The molecule has 0 radical (unpaired) electrons. The minimum atomic E-state index is -8.75. The van der Waals surface area contributed by atoms with E-state index in [4.69, 9.17) is 28.0 Å². The fourth-order valence-corrected chi connectivity index (χ4v) is 11.4. The summed E-state index contributed by atoms with van der Waals surface area (Å²) in [6.45, 7) is 7.09. The number of aryl methyl sites for hydroxylation is 1. The Morgan fingerprint density at radius 3 is 1.70 bits per heavy atom. The van der Waals surface area contributed by atoms with Crippen LogP contribution >= 0.6 is 8.53 Å². The molecule has 0 aliphatic carbocycles. The number of nitriles is 1. The number of methoxy groups -OCH3 is 2. The number of fused-ring (bicyclic) bond motifs is 1. The summed E-state index contributed by atoms with van der Waals surface area (Å²) >= 11 is 0. The third-order valence-corrected chi connectivity index (χ3v) is 16.5. The van der Waals surface area contributed by atoms with Crippen LogP contribution in [0.2, 0.25) is 0 Å². The van der Waals surface area contributed by atoms with Gasteiger partial charge in [0.2, 0.25) is 0 Å². The van der Waals surface area contributed by atoms with Crippen molar-refractivity contribution in [3.63, 3.8) is 0 Å². The molecular weight excluding hydrogens is 1250 g/mol. The predicted octanol–water partition coefficient (Wildman–Crippen LogP) is 15.0. The van der Waals surface area contributed by atoms with E-state index in [0.29, 0.717) is 17.1 Å². The molecule has 2 aromatic heterocycles. The number of benzene rings is 4. The van der Waals surface area contributed by atoms with Crippen LogP contribution in [0.5, 0.6) is 11.5 Å². The highest BCUT2D eigenvalue weighted by Gasteiger charge is 2.95. The minimum absolute atomic E-state index is 0.0165. The number of nitrogens with one attached hydrogen (secondary N) is 1. The molecule has 7 rings (SSSR count). The fourth-order valence-electron chi connectivity index (χ4n) is 9.64. The summed E-state index contributed by atoms with van der Waals surface area (Å²) in [6, 6.07) is 26.5. The lowest BCUT2D eigenvalue weighted by molar-refractivity contribution is -0.461. The van der Waals surface area contributed by atoms with E-state index in [1.807, 2.05) is 38.4 Å². The van der Waals surface area contributed by atoms with Gasteiger partial charge in [-0.05, 0) is 92.8 Å². The van der Waals surface area contributed by atoms with Crippen LogP contribution in [0.15, 0.2) is 116 Å². The maximum atomic E-state index is 15.3. The summed E-state index contributed by atoms with van der Waals surface area (Å²) in [5.41, 5.74) is -1.11. The SMILES string of the molecule is COc1ccc(C(OC[C@H]2O[C@@H](n3cnc4c(NC(=O)c5ccccc5)ncnc43)C[C@@H]2O[P@@](OCCC#N)N(C(C)C)C(C)C)(c2ccc(CCC(F)(F)C(F)(F)C(F)(F)C(F)(F)C(F)(F)C(F)(F)C(F)(F)C(F)(F)F)cc2)c2ccc(OC)cc2)cc1. The Morgan fingerprint density at radius 1 is 0.697 bits per heavy atom. The van der Waals surface area contributed by atoms with Crippen molar-refractivity contribution in [2.75, 3.05) is 32.8 Å². The molecule has 1 aliphatic rings. The molecule has 1 N–H and O–H groups in total. The second-order valence-corrected chi connectivity index (χ2v) is 22.1. The monoisotopic (exact) mass is 1300 g/mol. The van der Waals surface area contributed by atoms with E-state index >= 15 is 17.6 Å². The van der Waals surface area contributed by atoms with Gasteiger partial charge >= 0.3 is 47.6 Å². The van der Waals surface area contributed by atoms with Gasteiger partial charge in [0, 0.05) is 30.5 Å². The van der Waals surface area contributed by atoms with Crippen LogP contribution in [0.25, 0.3) is 11.2 Å². The molecule has 484 valence electrons. The Hall–Kier alpha value is -6.97. The first kappa shape index (κ1) is 69.5. The molecule has 1 fully saturated rings. The quantitative estimate of drug-likeness (QED) is 0.0215. The summed E-state index contributed by atoms with van der Waals surface area (Å²) in [5, 5.41) is 12.2. The standard InChI is InChI=1S/C57H55F17N7O7P/c1-33(2)81(34(3)4)89(86-28-10-27-75)88-42-29-44(80-32-78-45-46(76-31-77-47(45)80)79-48(82)36-11-8-7-9-12-36)87-43(42)30-85-50(38-17-21-40(83-5)22-18-38,39-19-23-41(84-6)24-20-39)37-15-13-35(14-16-37)25-26-49(58,59)51(60,61)52(62,63)53(64,65)54(66,67)55(68,69)56(70,71)57(72,73)74/h7-9,11-24,31-34,42-44H,10,25-26,28-30H2,1-6H3,(H,76,77,79,82)/t42-,43+,44+,89+/m0/s1. The minimum Gasteiger partial charge on any atom is -0.497 e. The van der Waals surface area contributed by atoms with Gasteiger partial charge in [-0.25, -0.2) is 19.6 Å². The van der Waals surface area contributed by atoms with Gasteiger partial charge in [-0.3, -0.25) is 9.36 Å².